The number of carbonyl (C=O) groups excluding carboxylic acids is 1. The molecule has 0 bridgehead atoms. The maximum Gasteiger partial charge on any atom is 0.224 e. The third kappa shape index (κ3) is 5.23. The number of hydrogen-bond donors (Lipinski definition) is 1. The Labute approximate surface area is 133 Å². The summed E-state index contributed by atoms with van der Waals surface area (Å²) in [6, 6.07) is 15.4. The second-order valence-electron chi connectivity index (χ2n) is 4.77. The Bertz CT molecular complexity index is 613. The van der Waals surface area contributed by atoms with Crippen molar-refractivity contribution < 1.29 is 9.53 Å². The minimum absolute atomic E-state index is 0.0159. The number of hydrogen-bond acceptors (Lipinski definition) is 2. The van der Waals surface area contributed by atoms with Gasteiger partial charge in [-0.25, -0.2) is 0 Å². The predicted molar refractivity (Wildman–Crippen MR) is 88.7 cm³/mol. The average molecular weight is 348 g/mol. The minimum Gasteiger partial charge on any atom is -0.494 e. The molecule has 0 aliphatic heterocycles. The highest BCUT2D eigenvalue weighted by molar-refractivity contribution is 9.10. The lowest BCUT2D eigenvalue weighted by atomic mass is 10.2. The molecule has 0 unspecified atom stereocenters. The Hall–Kier alpha value is -1.81. The van der Waals surface area contributed by atoms with Gasteiger partial charge < -0.3 is 10.1 Å². The van der Waals surface area contributed by atoms with E-state index in [-0.39, 0.29) is 5.91 Å². The average Bonchev–Trinajstić information content (AvgIpc) is 2.46. The van der Waals surface area contributed by atoms with E-state index in [4.69, 9.17) is 4.74 Å². The van der Waals surface area contributed by atoms with Gasteiger partial charge in [-0.2, -0.15) is 0 Å². The van der Waals surface area contributed by atoms with Gasteiger partial charge in [0.05, 0.1) is 6.61 Å². The van der Waals surface area contributed by atoms with Crippen LogP contribution in [0.15, 0.2) is 53.0 Å². The lowest BCUT2D eigenvalue weighted by Gasteiger charge is -2.09. The van der Waals surface area contributed by atoms with Gasteiger partial charge in [-0.1, -0.05) is 40.2 Å². The van der Waals surface area contributed by atoms with Crippen LogP contribution in [0.4, 0.5) is 5.69 Å². The van der Waals surface area contributed by atoms with Crippen LogP contribution in [0.2, 0.25) is 0 Å². The molecule has 0 saturated carbocycles. The maximum atomic E-state index is 11.9. The fraction of sp³-hybridized carbons (Fsp3) is 0.235. The van der Waals surface area contributed by atoms with Gasteiger partial charge in [-0.05, 0) is 43.2 Å². The molecule has 4 heteroatoms. The van der Waals surface area contributed by atoms with Gasteiger partial charge in [0.15, 0.2) is 0 Å². The van der Waals surface area contributed by atoms with Crippen molar-refractivity contribution in [2.45, 2.75) is 19.8 Å². The third-order valence-electron chi connectivity index (χ3n) is 3.03. The van der Waals surface area contributed by atoms with E-state index in [2.05, 4.69) is 21.2 Å². The SMILES string of the molecule is Cc1ccccc1NC(=O)CCCOc1cccc(Br)c1. The first-order valence-corrected chi connectivity index (χ1v) is 7.68. The summed E-state index contributed by atoms with van der Waals surface area (Å²) in [6.45, 7) is 2.50. The molecule has 0 spiro atoms. The lowest BCUT2D eigenvalue weighted by Crippen LogP contribution is -2.13. The molecule has 0 atom stereocenters. The largest absolute Gasteiger partial charge is 0.494 e. The standard InChI is InChI=1S/C17H18BrNO2/c1-13-6-2-3-9-16(13)19-17(20)10-5-11-21-15-8-4-7-14(18)12-15/h2-4,6-9,12H,5,10-11H2,1H3,(H,19,20). The molecule has 0 saturated heterocycles. The van der Waals surface area contributed by atoms with Crippen molar-refractivity contribution in [1.82, 2.24) is 0 Å². The Morgan fingerprint density at radius 2 is 2.00 bits per heavy atom. The van der Waals surface area contributed by atoms with Crippen molar-refractivity contribution in [2.24, 2.45) is 0 Å². The topological polar surface area (TPSA) is 38.3 Å². The molecule has 0 radical (unpaired) electrons. The number of amides is 1. The van der Waals surface area contributed by atoms with Crippen molar-refractivity contribution in [3.63, 3.8) is 0 Å². The van der Waals surface area contributed by atoms with E-state index in [9.17, 15) is 4.79 Å². The molecule has 1 N–H and O–H groups in total. The zero-order valence-electron chi connectivity index (χ0n) is 11.9. The number of benzene rings is 2. The van der Waals surface area contributed by atoms with E-state index in [1.54, 1.807) is 0 Å². The van der Waals surface area contributed by atoms with Gasteiger partial charge in [-0.15, -0.1) is 0 Å². The quantitative estimate of drug-likeness (QED) is 0.778. The molecule has 2 aromatic carbocycles. The lowest BCUT2D eigenvalue weighted by molar-refractivity contribution is -0.116. The predicted octanol–water partition coefficient (Wildman–Crippen LogP) is 4.56. The van der Waals surface area contributed by atoms with Crippen LogP contribution < -0.4 is 10.1 Å². The fourth-order valence-electron chi connectivity index (χ4n) is 1.91. The number of carbonyl (C=O) groups is 1. The van der Waals surface area contributed by atoms with Crippen molar-refractivity contribution in [1.29, 1.82) is 0 Å². The molecule has 0 aromatic heterocycles. The van der Waals surface area contributed by atoms with Crippen LogP contribution in [-0.2, 0) is 4.79 Å². The second kappa shape index (κ2) is 7.84. The Morgan fingerprint density at radius 3 is 2.76 bits per heavy atom. The van der Waals surface area contributed by atoms with E-state index in [1.807, 2.05) is 55.5 Å². The van der Waals surface area contributed by atoms with Crippen LogP contribution in [0.3, 0.4) is 0 Å². The van der Waals surface area contributed by atoms with Crippen LogP contribution >= 0.6 is 15.9 Å². The summed E-state index contributed by atoms with van der Waals surface area (Å²) >= 11 is 3.39. The van der Waals surface area contributed by atoms with Crippen molar-refractivity contribution in [3.05, 3.63) is 58.6 Å². The van der Waals surface area contributed by atoms with Crippen LogP contribution in [0.25, 0.3) is 0 Å². The molecule has 110 valence electrons. The Morgan fingerprint density at radius 1 is 1.19 bits per heavy atom. The molecule has 21 heavy (non-hydrogen) atoms. The molecule has 0 aliphatic carbocycles. The molecular formula is C17H18BrNO2. The number of rotatable bonds is 6. The second-order valence-corrected chi connectivity index (χ2v) is 5.69. The van der Waals surface area contributed by atoms with Crippen LogP contribution in [0.5, 0.6) is 5.75 Å². The van der Waals surface area contributed by atoms with Gasteiger partial charge in [0.2, 0.25) is 5.91 Å². The summed E-state index contributed by atoms with van der Waals surface area (Å²) in [5.74, 6) is 0.825. The highest BCUT2D eigenvalue weighted by atomic mass is 79.9. The zero-order valence-corrected chi connectivity index (χ0v) is 13.5. The normalized spacial score (nSPS) is 10.2. The summed E-state index contributed by atoms with van der Waals surface area (Å²) in [5.41, 5.74) is 1.94. The number of halogens is 1. The summed E-state index contributed by atoms with van der Waals surface area (Å²) in [6.07, 6.45) is 1.13. The number of nitrogens with one attached hydrogen (secondary N) is 1. The molecular weight excluding hydrogens is 330 g/mol. The molecule has 0 heterocycles. The van der Waals surface area contributed by atoms with E-state index in [0.29, 0.717) is 19.4 Å². The van der Waals surface area contributed by atoms with Gasteiger partial charge in [0.25, 0.3) is 0 Å². The smallest absolute Gasteiger partial charge is 0.224 e. The van der Waals surface area contributed by atoms with Crippen molar-refractivity contribution in [3.8, 4) is 5.75 Å². The monoisotopic (exact) mass is 347 g/mol. The summed E-state index contributed by atoms with van der Waals surface area (Å²) in [7, 11) is 0. The molecule has 1 amide bonds. The van der Waals surface area contributed by atoms with E-state index < -0.39 is 0 Å². The minimum atomic E-state index is 0.0159. The van der Waals surface area contributed by atoms with Crippen LogP contribution in [0, 0.1) is 6.92 Å². The molecule has 2 aromatic rings. The zero-order chi connectivity index (χ0) is 15.1. The maximum absolute atomic E-state index is 11.9. The molecule has 3 nitrogen and oxygen atoms in total. The molecule has 0 aliphatic rings. The summed E-state index contributed by atoms with van der Waals surface area (Å²) in [4.78, 5) is 11.9. The van der Waals surface area contributed by atoms with Gasteiger partial charge in [-0.3, -0.25) is 4.79 Å². The number of aryl methyl sites for hydroxylation is 1. The van der Waals surface area contributed by atoms with E-state index >= 15 is 0 Å². The fourth-order valence-corrected chi connectivity index (χ4v) is 2.28. The highest BCUT2D eigenvalue weighted by Crippen LogP contribution is 2.18. The highest BCUT2D eigenvalue weighted by Gasteiger charge is 2.04. The number of anilines is 1. The Balaban J connectivity index is 1.71. The van der Waals surface area contributed by atoms with Crippen LogP contribution in [-0.4, -0.2) is 12.5 Å². The third-order valence-corrected chi connectivity index (χ3v) is 3.53. The van der Waals surface area contributed by atoms with Gasteiger partial charge >= 0.3 is 0 Å². The first kappa shape index (κ1) is 15.6. The van der Waals surface area contributed by atoms with E-state index in [1.165, 1.54) is 0 Å². The molecule has 0 fully saturated rings. The summed E-state index contributed by atoms with van der Waals surface area (Å²) < 4.78 is 6.58. The van der Waals surface area contributed by atoms with Crippen molar-refractivity contribution in [2.75, 3.05) is 11.9 Å². The molecule has 2 rings (SSSR count). The summed E-state index contributed by atoms with van der Waals surface area (Å²) in [5, 5.41) is 2.92. The van der Waals surface area contributed by atoms with E-state index in [0.717, 1.165) is 21.5 Å². The van der Waals surface area contributed by atoms with Gasteiger partial charge in [0.1, 0.15) is 5.75 Å². The first-order chi connectivity index (χ1) is 10.1. The van der Waals surface area contributed by atoms with Crippen molar-refractivity contribution >= 4 is 27.5 Å². The first-order valence-electron chi connectivity index (χ1n) is 6.89. The van der Waals surface area contributed by atoms with Gasteiger partial charge in [0, 0.05) is 16.6 Å². The number of ether oxygens (including phenoxy) is 1. The number of para-hydroxylation sites is 1. The van der Waals surface area contributed by atoms with Crippen LogP contribution in [0.1, 0.15) is 18.4 Å². The Kier molecular flexibility index (Phi) is 5.81.